The highest BCUT2D eigenvalue weighted by Gasteiger charge is 2.30. The van der Waals surface area contributed by atoms with E-state index in [2.05, 4.69) is 31.9 Å². The van der Waals surface area contributed by atoms with Crippen LogP contribution in [-0.4, -0.2) is 100 Å². The number of hydrogen-bond donors (Lipinski definition) is 9. The molecule has 16 heteroatoms. The Morgan fingerprint density at radius 2 is 0.907 bits per heavy atom. The van der Waals surface area contributed by atoms with Gasteiger partial charge in [-0.15, -0.1) is 0 Å². The van der Waals surface area contributed by atoms with Crippen LogP contribution in [0.3, 0.4) is 0 Å². The molecule has 0 heterocycles. The molecule has 6 amide bonds. The third-order valence-corrected chi connectivity index (χ3v) is 8.84. The highest BCUT2D eigenvalue weighted by Crippen LogP contribution is 2.12. The average molecular weight is 770 g/mol. The van der Waals surface area contributed by atoms with E-state index in [0.29, 0.717) is 12.8 Å². The van der Waals surface area contributed by atoms with E-state index in [0.717, 1.165) is 0 Å². The number of nitrogens with one attached hydrogen (secondary N) is 6. The van der Waals surface area contributed by atoms with Crippen molar-refractivity contribution in [3.05, 3.63) is 0 Å². The zero-order chi connectivity index (χ0) is 41.9. The summed E-state index contributed by atoms with van der Waals surface area (Å²) in [6, 6.07) is -4.04. The van der Waals surface area contributed by atoms with E-state index in [4.69, 9.17) is 10.8 Å². The Morgan fingerprint density at radius 3 is 1.31 bits per heavy atom. The van der Waals surface area contributed by atoms with Crippen LogP contribution >= 0.6 is 0 Å². The predicted octanol–water partition coefficient (Wildman–Crippen LogP) is 1.47. The van der Waals surface area contributed by atoms with Crippen LogP contribution in [0.25, 0.3) is 0 Å². The van der Waals surface area contributed by atoms with Crippen LogP contribution < -0.4 is 37.6 Å². The van der Waals surface area contributed by atoms with Crippen molar-refractivity contribution in [3.63, 3.8) is 0 Å². The first-order valence-electron chi connectivity index (χ1n) is 19.3. The Morgan fingerprint density at radius 1 is 0.500 bits per heavy atom. The Balaban J connectivity index is 5.13. The van der Waals surface area contributed by atoms with Gasteiger partial charge in [0.05, 0.1) is 12.5 Å². The number of aliphatic carboxylic acids is 1. The molecule has 54 heavy (non-hydrogen) atoms. The van der Waals surface area contributed by atoms with Crippen molar-refractivity contribution in [1.29, 1.82) is 0 Å². The first-order chi connectivity index (χ1) is 24.9. The Kier molecular flexibility index (Phi) is 23.5. The smallest absolute Gasteiger partial charge is 0.305 e. The average Bonchev–Trinajstić information content (AvgIpc) is 2.98. The molecule has 0 radical (unpaired) electrons. The second-order valence-electron chi connectivity index (χ2n) is 16.4. The van der Waals surface area contributed by atoms with Gasteiger partial charge in [0.1, 0.15) is 0 Å². The second-order valence-corrected chi connectivity index (χ2v) is 16.4. The van der Waals surface area contributed by atoms with Gasteiger partial charge in [-0.25, -0.2) is 0 Å². The highest BCUT2D eigenvalue weighted by molar-refractivity contribution is 5.85. The van der Waals surface area contributed by atoms with E-state index in [9.17, 15) is 38.7 Å². The molecule has 0 unspecified atom stereocenters. The molecule has 0 spiro atoms. The first kappa shape index (κ1) is 50.2. The number of aliphatic hydroxyl groups excluding tert-OH is 1. The molecule has 10 N–H and O–H groups in total. The third-order valence-electron chi connectivity index (χ3n) is 8.84. The number of rotatable bonds is 26. The lowest BCUT2D eigenvalue weighted by Gasteiger charge is -2.27. The van der Waals surface area contributed by atoms with Gasteiger partial charge in [0.15, 0.2) is 6.10 Å². The molecule has 0 aromatic carbocycles. The summed E-state index contributed by atoms with van der Waals surface area (Å²) >= 11 is 0. The van der Waals surface area contributed by atoms with Crippen molar-refractivity contribution >= 4 is 41.4 Å². The van der Waals surface area contributed by atoms with Crippen LogP contribution in [0.4, 0.5) is 0 Å². The van der Waals surface area contributed by atoms with E-state index < -0.39 is 66.0 Å². The SMILES string of the molecule is CC(C)C[C@@H](CC(=O)O)NC(=O)C[C@H](C)NC(=O)C[C@@H](NC(=O)[C@H](O)[C@H](C)NC(=O)C[C@H](CC(C)C)NC(=O)C[C@H](C)NC(=O)C[C@@H](N)C(C)C)C(C)C. The third kappa shape index (κ3) is 23.1. The van der Waals surface area contributed by atoms with E-state index in [1.54, 1.807) is 27.7 Å². The Hall–Kier alpha value is -3.79. The fourth-order valence-electron chi connectivity index (χ4n) is 5.85. The molecule has 312 valence electrons. The van der Waals surface area contributed by atoms with Gasteiger partial charge in [-0.1, -0.05) is 55.4 Å². The minimum atomic E-state index is -1.64. The highest BCUT2D eigenvalue weighted by atomic mass is 16.4. The minimum absolute atomic E-state index is 0.00486. The lowest BCUT2D eigenvalue weighted by Crippen LogP contribution is -2.53. The zero-order valence-corrected chi connectivity index (χ0v) is 34.4. The van der Waals surface area contributed by atoms with Gasteiger partial charge in [0.25, 0.3) is 5.91 Å². The summed E-state index contributed by atoms with van der Waals surface area (Å²) in [7, 11) is 0. The monoisotopic (exact) mass is 770 g/mol. The molecule has 0 rings (SSSR count). The summed E-state index contributed by atoms with van der Waals surface area (Å²) in [6.45, 7) is 20.0. The van der Waals surface area contributed by atoms with Gasteiger partial charge in [0, 0.05) is 68.4 Å². The molecule has 0 bridgehead atoms. The van der Waals surface area contributed by atoms with E-state index in [-0.39, 0.29) is 86.0 Å². The van der Waals surface area contributed by atoms with E-state index >= 15 is 0 Å². The molecule has 0 aliphatic carbocycles. The number of aliphatic hydroxyl groups is 1. The summed E-state index contributed by atoms with van der Waals surface area (Å²) in [6.07, 6.45) is -1.01. The van der Waals surface area contributed by atoms with Crippen molar-refractivity contribution in [2.45, 2.75) is 176 Å². The first-order valence-corrected chi connectivity index (χ1v) is 19.3. The molecule has 16 nitrogen and oxygen atoms in total. The van der Waals surface area contributed by atoms with Crippen LogP contribution in [0.1, 0.15) is 128 Å². The quantitative estimate of drug-likeness (QED) is 0.0612. The number of carboxylic acid groups (broad SMARTS) is 1. The summed E-state index contributed by atoms with van der Waals surface area (Å²) in [5.41, 5.74) is 5.98. The number of carboxylic acids is 1. The van der Waals surface area contributed by atoms with Gasteiger partial charge >= 0.3 is 5.97 Å². The summed E-state index contributed by atoms with van der Waals surface area (Å²) < 4.78 is 0. The molecular weight excluding hydrogens is 698 g/mol. The maximum absolute atomic E-state index is 13.0. The van der Waals surface area contributed by atoms with Crippen molar-refractivity contribution in [2.24, 2.45) is 29.4 Å². The lowest BCUT2D eigenvalue weighted by atomic mass is 9.99. The number of nitrogens with two attached hydrogens (primary N) is 1. The van der Waals surface area contributed by atoms with Crippen LogP contribution in [0, 0.1) is 23.7 Å². The largest absolute Gasteiger partial charge is 0.481 e. The van der Waals surface area contributed by atoms with Gasteiger partial charge in [-0.2, -0.15) is 0 Å². The fraction of sp³-hybridized carbons (Fsp3) is 0.816. The minimum Gasteiger partial charge on any atom is -0.481 e. The molecule has 0 saturated heterocycles. The number of carbonyl (C=O) groups excluding carboxylic acids is 6. The predicted molar refractivity (Wildman–Crippen MR) is 207 cm³/mol. The van der Waals surface area contributed by atoms with Gasteiger partial charge < -0.3 is 47.8 Å². The van der Waals surface area contributed by atoms with Crippen LogP contribution in [0.15, 0.2) is 0 Å². The van der Waals surface area contributed by atoms with Crippen molar-refractivity contribution in [1.82, 2.24) is 31.9 Å². The van der Waals surface area contributed by atoms with Crippen LogP contribution in [0.2, 0.25) is 0 Å². The van der Waals surface area contributed by atoms with Gasteiger partial charge in [-0.05, 0) is 57.3 Å². The molecular formula is C38H71N7O9. The maximum Gasteiger partial charge on any atom is 0.305 e. The standard InChI is InChI=1S/C38H71N7O9/c1-20(2)12-27(43-31(46)14-24(9)40-34(49)18-29(39)22(5)6)16-33(48)42-26(11)37(53)38(54)45-30(23(7)8)19-35(50)41-25(10)15-32(47)44-28(13-21(3)4)17-36(51)52/h20-30,37,53H,12-19,39H2,1-11H3,(H,40,49)(H,41,50)(H,42,48)(H,43,46)(H,44,47)(H,45,54)(H,51,52)/t24-,25-,26-,27-,28-,29+,30+,37+/m0/s1. The summed E-state index contributed by atoms with van der Waals surface area (Å²) in [5.74, 6) is -3.44. The molecule has 0 aromatic heterocycles. The normalized spacial score (nSPS) is 16.0. The summed E-state index contributed by atoms with van der Waals surface area (Å²) in [4.78, 5) is 87.8. The molecule has 0 saturated carbocycles. The molecule has 0 aromatic rings. The second kappa shape index (κ2) is 25.3. The van der Waals surface area contributed by atoms with Gasteiger partial charge in [-0.3, -0.25) is 33.6 Å². The Labute approximate surface area is 322 Å². The molecule has 8 atom stereocenters. The lowest BCUT2D eigenvalue weighted by molar-refractivity contribution is -0.138. The molecule has 0 aliphatic rings. The number of hydrogen-bond acceptors (Lipinski definition) is 9. The maximum atomic E-state index is 13.0. The Bertz CT molecular complexity index is 1230. The topological polar surface area (TPSA) is 258 Å². The zero-order valence-electron chi connectivity index (χ0n) is 34.4. The van der Waals surface area contributed by atoms with Gasteiger partial charge in [0.2, 0.25) is 29.5 Å². The van der Waals surface area contributed by atoms with Crippen molar-refractivity contribution < 1.29 is 43.8 Å². The van der Waals surface area contributed by atoms with Crippen LogP contribution in [0.5, 0.6) is 0 Å². The van der Waals surface area contributed by atoms with E-state index in [1.165, 1.54) is 6.92 Å². The van der Waals surface area contributed by atoms with Crippen molar-refractivity contribution in [2.75, 3.05) is 0 Å². The number of amides is 6. The van der Waals surface area contributed by atoms with Crippen LogP contribution in [-0.2, 0) is 33.6 Å². The summed E-state index contributed by atoms with van der Waals surface area (Å²) in [5, 5.41) is 36.4. The van der Waals surface area contributed by atoms with Crippen molar-refractivity contribution in [3.8, 4) is 0 Å². The fourth-order valence-corrected chi connectivity index (χ4v) is 5.85. The number of carbonyl (C=O) groups is 7. The molecule has 0 fully saturated rings. The molecule has 0 aliphatic heterocycles. The van der Waals surface area contributed by atoms with E-state index in [1.807, 2.05) is 41.5 Å².